The van der Waals surface area contributed by atoms with Crippen LogP contribution in [0.3, 0.4) is 0 Å². The minimum atomic E-state index is -0.349. The van der Waals surface area contributed by atoms with Crippen molar-refractivity contribution in [1.29, 1.82) is 0 Å². The number of carbonyl (C=O) groups excluding carboxylic acids is 1. The van der Waals surface area contributed by atoms with E-state index in [0.717, 1.165) is 29.4 Å². The summed E-state index contributed by atoms with van der Waals surface area (Å²) in [6, 6.07) is 4.26. The zero-order valence-electron chi connectivity index (χ0n) is 10.2. The lowest BCUT2D eigenvalue weighted by molar-refractivity contribution is -0.115. The van der Waals surface area contributed by atoms with Gasteiger partial charge in [-0.1, -0.05) is 11.8 Å². The van der Waals surface area contributed by atoms with Gasteiger partial charge in [0.05, 0.1) is 5.75 Å². The Labute approximate surface area is 114 Å². The van der Waals surface area contributed by atoms with Crippen LogP contribution in [0.25, 0.3) is 11.4 Å². The highest BCUT2D eigenvalue weighted by atomic mass is 32.2. The van der Waals surface area contributed by atoms with Crippen LogP contribution in [-0.4, -0.2) is 31.4 Å². The third-order valence-electron chi connectivity index (χ3n) is 2.84. The van der Waals surface area contributed by atoms with Crippen LogP contribution in [0.4, 0.5) is 0 Å². The third kappa shape index (κ3) is 2.60. The fraction of sp³-hybridized carbons (Fsp3) is 0.333. The van der Waals surface area contributed by atoms with Crippen molar-refractivity contribution >= 4 is 17.7 Å². The first kappa shape index (κ1) is 12.2. The number of primary amides is 1. The molecule has 0 atom stereocenters. The minimum Gasteiger partial charge on any atom is -0.369 e. The molecule has 2 heterocycles. The van der Waals surface area contributed by atoms with E-state index in [1.54, 1.807) is 12.4 Å². The van der Waals surface area contributed by atoms with Crippen molar-refractivity contribution < 1.29 is 4.79 Å². The van der Waals surface area contributed by atoms with Gasteiger partial charge >= 0.3 is 0 Å². The Morgan fingerprint density at radius 1 is 1.47 bits per heavy atom. The minimum absolute atomic E-state index is 0.220. The molecule has 2 aromatic heterocycles. The summed E-state index contributed by atoms with van der Waals surface area (Å²) in [4.78, 5) is 15.0. The fourth-order valence-electron chi connectivity index (χ4n) is 1.86. The first-order chi connectivity index (χ1) is 9.25. The molecule has 0 radical (unpaired) electrons. The molecule has 0 bridgehead atoms. The molecule has 0 unspecified atom stereocenters. The summed E-state index contributed by atoms with van der Waals surface area (Å²) in [5, 5.41) is 9.14. The van der Waals surface area contributed by atoms with Gasteiger partial charge in [-0.25, -0.2) is 0 Å². The number of thioether (sulfide) groups is 1. The molecule has 3 rings (SSSR count). The Hall–Kier alpha value is -1.89. The number of hydrogen-bond donors (Lipinski definition) is 1. The highest BCUT2D eigenvalue weighted by Crippen LogP contribution is 2.40. The van der Waals surface area contributed by atoms with Gasteiger partial charge in [-0.3, -0.25) is 14.3 Å². The van der Waals surface area contributed by atoms with Crippen LogP contribution in [0, 0.1) is 0 Å². The van der Waals surface area contributed by atoms with Crippen LogP contribution in [0.1, 0.15) is 18.9 Å². The lowest BCUT2D eigenvalue weighted by atomic mass is 10.3. The SMILES string of the molecule is NC(=O)CSc1nnc(-c2cccnc2)n1C1CC1. The number of aromatic nitrogens is 4. The normalized spacial score (nSPS) is 14.5. The Bertz CT molecular complexity index is 593. The second-order valence-electron chi connectivity index (χ2n) is 4.40. The summed E-state index contributed by atoms with van der Waals surface area (Å²) in [5.41, 5.74) is 6.11. The Morgan fingerprint density at radius 3 is 2.95 bits per heavy atom. The number of carbonyl (C=O) groups is 1. The van der Waals surface area contributed by atoms with E-state index in [1.165, 1.54) is 11.8 Å². The first-order valence-corrected chi connectivity index (χ1v) is 7.00. The highest BCUT2D eigenvalue weighted by Gasteiger charge is 2.30. The topological polar surface area (TPSA) is 86.7 Å². The van der Waals surface area contributed by atoms with Crippen molar-refractivity contribution in [2.24, 2.45) is 5.73 Å². The van der Waals surface area contributed by atoms with Crippen LogP contribution in [0.5, 0.6) is 0 Å². The predicted molar refractivity (Wildman–Crippen MR) is 71.4 cm³/mol. The monoisotopic (exact) mass is 275 g/mol. The summed E-state index contributed by atoms with van der Waals surface area (Å²) in [5.74, 6) is 0.679. The van der Waals surface area contributed by atoms with E-state index < -0.39 is 0 Å². The molecular weight excluding hydrogens is 262 g/mol. The van der Waals surface area contributed by atoms with Gasteiger partial charge in [0.25, 0.3) is 0 Å². The molecule has 0 spiro atoms. The van der Waals surface area contributed by atoms with Gasteiger partial charge < -0.3 is 5.73 Å². The molecule has 1 amide bonds. The lowest BCUT2D eigenvalue weighted by Gasteiger charge is -2.07. The molecule has 98 valence electrons. The molecule has 7 heteroatoms. The predicted octanol–water partition coefficient (Wildman–Crippen LogP) is 1.25. The molecule has 1 aliphatic carbocycles. The van der Waals surface area contributed by atoms with Crippen LogP contribution in [0.15, 0.2) is 29.7 Å². The van der Waals surface area contributed by atoms with Crippen LogP contribution in [0.2, 0.25) is 0 Å². The summed E-state index contributed by atoms with van der Waals surface area (Å²) in [6.45, 7) is 0. The zero-order chi connectivity index (χ0) is 13.2. The Balaban J connectivity index is 1.94. The molecule has 0 saturated heterocycles. The average Bonchev–Trinajstić information content (AvgIpc) is 3.17. The van der Waals surface area contributed by atoms with E-state index in [-0.39, 0.29) is 11.7 Å². The van der Waals surface area contributed by atoms with E-state index >= 15 is 0 Å². The number of hydrogen-bond acceptors (Lipinski definition) is 5. The fourth-order valence-corrected chi connectivity index (χ4v) is 2.61. The Kier molecular flexibility index (Phi) is 3.20. The maximum atomic E-state index is 10.9. The van der Waals surface area contributed by atoms with Crippen LogP contribution >= 0.6 is 11.8 Å². The van der Waals surface area contributed by atoms with Crippen molar-refractivity contribution in [2.45, 2.75) is 24.0 Å². The summed E-state index contributed by atoms with van der Waals surface area (Å²) in [7, 11) is 0. The zero-order valence-corrected chi connectivity index (χ0v) is 11.0. The largest absolute Gasteiger partial charge is 0.369 e. The van der Waals surface area contributed by atoms with Crippen LogP contribution < -0.4 is 5.73 Å². The quantitative estimate of drug-likeness (QED) is 0.830. The second kappa shape index (κ2) is 5.00. The maximum Gasteiger partial charge on any atom is 0.227 e. The van der Waals surface area contributed by atoms with Gasteiger partial charge in [-0.15, -0.1) is 10.2 Å². The molecule has 19 heavy (non-hydrogen) atoms. The molecule has 0 aromatic carbocycles. The van der Waals surface area contributed by atoms with Crippen molar-refractivity contribution in [3.8, 4) is 11.4 Å². The Morgan fingerprint density at radius 2 is 2.32 bits per heavy atom. The average molecular weight is 275 g/mol. The molecule has 1 saturated carbocycles. The van der Waals surface area contributed by atoms with Gasteiger partial charge in [0.15, 0.2) is 11.0 Å². The number of amides is 1. The van der Waals surface area contributed by atoms with Crippen molar-refractivity contribution in [1.82, 2.24) is 19.7 Å². The summed E-state index contributed by atoms with van der Waals surface area (Å²) < 4.78 is 2.09. The van der Waals surface area contributed by atoms with Crippen molar-refractivity contribution in [2.75, 3.05) is 5.75 Å². The third-order valence-corrected chi connectivity index (χ3v) is 3.81. The van der Waals surface area contributed by atoms with Gasteiger partial charge in [-0.2, -0.15) is 0 Å². The van der Waals surface area contributed by atoms with Crippen molar-refractivity contribution in [3.05, 3.63) is 24.5 Å². The standard InChI is InChI=1S/C12H13N5OS/c13-10(18)7-19-12-16-15-11(17(12)9-3-4-9)8-2-1-5-14-6-8/h1-2,5-6,9H,3-4,7H2,(H2,13,18). The first-order valence-electron chi connectivity index (χ1n) is 6.02. The molecule has 1 aliphatic rings. The highest BCUT2D eigenvalue weighted by molar-refractivity contribution is 7.99. The van der Waals surface area contributed by atoms with Crippen molar-refractivity contribution in [3.63, 3.8) is 0 Å². The second-order valence-corrected chi connectivity index (χ2v) is 5.35. The summed E-state index contributed by atoms with van der Waals surface area (Å²) in [6.07, 6.45) is 5.74. The number of nitrogens with zero attached hydrogens (tertiary/aromatic N) is 4. The van der Waals surface area contributed by atoms with E-state index in [2.05, 4.69) is 19.7 Å². The van der Waals surface area contributed by atoms with E-state index in [4.69, 9.17) is 5.73 Å². The molecule has 6 nitrogen and oxygen atoms in total. The van der Waals surface area contributed by atoms with Gasteiger partial charge in [0.1, 0.15) is 0 Å². The smallest absolute Gasteiger partial charge is 0.227 e. The van der Waals surface area contributed by atoms with Gasteiger partial charge in [0, 0.05) is 24.0 Å². The molecular formula is C12H13N5OS. The van der Waals surface area contributed by atoms with Gasteiger partial charge in [0.2, 0.25) is 5.91 Å². The van der Waals surface area contributed by atoms with E-state index in [9.17, 15) is 4.79 Å². The molecule has 2 N–H and O–H groups in total. The number of nitrogens with two attached hydrogens (primary N) is 1. The number of rotatable bonds is 5. The molecule has 1 fully saturated rings. The van der Waals surface area contributed by atoms with Gasteiger partial charge in [-0.05, 0) is 25.0 Å². The molecule has 0 aliphatic heterocycles. The molecule has 2 aromatic rings. The lowest BCUT2D eigenvalue weighted by Crippen LogP contribution is -2.13. The summed E-state index contributed by atoms with van der Waals surface area (Å²) >= 11 is 1.33. The van der Waals surface area contributed by atoms with E-state index in [1.807, 2.05) is 12.1 Å². The van der Waals surface area contributed by atoms with Crippen LogP contribution in [-0.2, 0) is 4.79 Å². The number of pyridine rings is 1. The maximum absolute atomic E-state index is 10.9. The van der Waals surface area contributed by atoms with E-state index in [0.29, 0.717) is 6.04 Å².